The van der Waals surface area contributed by atoms with E-state index in [1.165, 1.54) is 12.0 Å². The Morgan fingerprint density at radius 2 is 2.04 bits per heavy atom. The van der Waals surface area contributed by atoms with Crippen LogP contribution in [0.4, 0.5) is 0 Å². The summed E-state index contributed by atoms with van der Waals surface area (Å²) < 4.78 is 5.78. The second-order valence-electron chi connectivity index (χ2n) is 7.55. The minimum atomic E-state index is 0.00574. The van der Waals surface area contributed by atoms with Gasteiger partial charge in [0.05, 0.1) is 6.04 Å². The third kappa shape index (κ3) is 5.87. The third-order valence-corrected chi connectivity index (χ3v) is 4.22. The van der Waals surface area contributed by atoms with Gasteiger partial charge in [0, 0.05) is 12.5 Å². The third-order valence-electron chi connectivity index (χ3n) is 4.22. The molecule has 1 heterocycles. The molecular weight excluding hydrogens is 288 g/mol. The normalized spacial score (nSPS) is 19.4. The van der Waals surface area contributed by atoms with Crippen molar-refractivity contribution in [1.29, 1.82) is 0 Å². The number of amides is 1. The standard InChI is InChI=1S/C19H30N2O2/c1-14(21-18(22)12-16-6-5-11-20-16)13-23-17-9-7-15(8-10-17)19(2,3)4/h7-10,14,16,20H,5-6,11-13H2,1-4H3,(H,21,22). The Hall–Kier alpha value is -1.55. The Morgan fingerprint density at radius 3 is 2.61 bits per heavy atom. The van der Waals surface area contributed by atoms with E-state index in [0.717, 1.165) is 18.7 Å². The Kier molecular flexibility index (Phi) is 6.05. The van der Waals surface area contributed by atoms with Crippen molar-refractivity contribution in [3.8, 4) is 5.75 Å². The van der Waals surface area contributed by atoms with Crippen LogP contribution < -0.4 is 15.4 Å². The van der Waals surface area contributed by atoms with Gasteiger partial charge in [0.2, 0.25) is 5.91 Å². The summed E-state index contributed by atoms with van der Waals surface area (Å²) in [5.41, 5.74) is 1.43. The van der Waals surface area contributed by atoms with Crippen LogP contribution in [0.15, 0.2) is 24.3 Å². The minimum Gasteiger partial charge on any atom is -0.491 e. The van der Waals surface area contributed by atoms with E-state index >= 15 is 0 Å². The molecule has 128 valence electrons. The van der Waals surface area contributed by atoms with Crippen LogP contribution in [0.5, 0.6) is 5.75 Å². The van der Waals surface area contributed by atoms with Crippen LogP contribution >= 0.6 is 0 Å². The second-order valence-corrected chi connectivity index (χ2v) is 7.55. The van der Waals surface area contributed by atoms with Gasteiger partial charge in [0.1, 0.15) is 12.4 Å². The SMILES string of the molecule is CC(COc1ccc(C(C)(C)C)cc1)NC(=O)CC1CCCN1. The summed E-state index contributed by atoms with van der Waals surface area (Å²) >= 11 is 0. The Bertz CT molecular complexity index is 499. The highest BCUT2D eigenvalue weighted by molar-refractivity contribution is 5.76. The molecule has 2 atom stereocenters. The van der Waals surface area contributed by atoms with E-state index in [-0.39, 0.29) is 17.4 Å². The lowest BCUT2D eigenvalue weighted by atomic mass is 9.87. The number of ether oxygens (including phenoxy) is 1. The highest BCUT2D eigenvalue weighted by atomic mass is 16.5. The number of hydrogen-bond acceptors (Lipinski definition) is 3. The molecule has 0 spiro atoms. The van der Waals surface area contributed by atoms with E-state index in [1.54, 1.807) is 0 Å². The monoisotopic (exact) mass is 318 g/mol. The van der Waals surface area contributed by atoms with E-state index in [9.17, 15) is 4.79 Å². The van der Waals surface area contributed by atoms with E-state index in [0.29, 0.717) is 19.1 Å². The molecule has 0 radical (unpaired) electrons. The molecule has 23 heavy (non-hydrogen) atoms. The zero-order chi connectivity index (χ0) is 16.9. The first-order chi connectivity index (χ1) is 10.8. The van der Waals surface area contributed by atoms with Gasteiger partial charge in [0.25, 0.3) is 0 Å². The molecule has 0 bridgehead atoms. The van der Waals surface area contributed by atoms with Gasteiger partial charge in [-0.1, -0.05) is 32.9 Å². The summed E-state index contributed by atoms with van der Waals surface area (Å²) in [6, 6.07) is 8.54. The summed E-state index contributed by atoms with van der Waals surface area (Å²) in [6.45, 7) is 10.1. The number of carbonyl (C=O) groups excluding carboxylic acids is 1. The number of rotatable bonds is 6. The molecule has 0 aliphatic carbocycles. The molecule has 4 heteroatoms. The maximum atomic E-state index is 12.0. The predicted molar refractivity (Wildman–Crippen MR) is 93.9 cm³/mol. The first kappa shape index (κ1) is 17.8. The molecule has 1 aliphatic rings. The quantitative estimate of drug-likeness (QED) is 0.848. The van der Waals surface area contributed by atoms with Gasteiger partial charge in [0.15, 0.2) is 0 Å². The highest BCUT2D eigenvalue weighted by Gasteiger charge is 2.18. The zero-order valence-electron chi connectivity index (χ0n) is 14.8. The molecule has 0 saturated carbocycles. The molecule has 2 rings (SSSR count). The van der Waals surface area contributed by atoms with E-state index in [2.05, 4.69) is 43.5 Å². The number of benzene rings is 1. The molecule has 2 N–H and O–H groups in total. The number of hydrogen-bond donors (Lipinski definition) is 2. The molecule has 1 aliphatic heterocycles. The molecule has 1 saturated heterocycles. The lowest BCUT2D eigenvalue weighted by molar-refractivity contribution is -0.122. The van der Waals surface area contributed by atoms with E-state index in [1.807, 2.05) is 19.1 Å². The molecule has 1 aromatic rings. The predicted octanol–water partition coefficient (Wildman–Crippen LogP) is 3.01. The van der Waals surface area contributed by atoms with Crippen molar-refractivity contribution >= 4 is 5.91 Å². The molecule has 2 unspecified atom stereocenters. The maximum absolute atomic E-state index is 12.0. The van der Waals surface area contributed by atoms with Crippen molar-refractivity contribution in [1.82, 2.24) is 10.6 Å². The fraction of sp³-hybridized carbons (Fsp3) is 0.632. The largest absolute Gasteiger partial charge is 0.491 e. The van der Waals surface area contributed by atoms with Crippen molar-refractivity contribution in [2.45, 2.75) is 64.5 Å². The lowest BCUT2D eigenvalue weighted by Crippen LogP contribution is -2.39. The maximum Gasteiger partial charge on any atom is 0.221 e. The molecule has 0 aromatic heterocycles. The van der Waals surface area contributed by atoms with Gasteiger partial charge in [-0.25, -0.2) is 0 Å². The number of carbonyl (C=O) groups is 1. The van der Waals surface area contributed by atoms with Crippen molar-refractivity contribution in [2.75, 3.05) is 13.2 Å². The summed E-state index contributed by atoms with van der Waals surface area (Å²) in [4.78, 5) is 12.0. The van der Waals surface area contributed by atoms with Crippen LogP contribution in [0.25, 0.3) is 0 Å². The van der Waals surface area contributed by atoms with Gasteiger partial charge in [-0.2, -0.15) is 0 Å². The summed E-state index contributed by atoms with van der Waals surface area (Å²) in [5, 5.41) is 6.35. The van der Waals surface area contributed by atoms with Gasteiger partial charge in [-0.05, 0) is 49.4 Å². The molecule has 1 fully saturated rings. The van der Waals surface area contributed by atoms with Crippen molar-refractivity contribution in [2.24, 2.45) is 0 Å². The first-order valence-electron chi connectivity index (χ1n) is 8.60. The Labute approximate surface area is 140 Å². The number of nitrogens with one attached hydrogen (secondary N) is 2. The average Bonchev–Trinajstić information content (AvgIpc) is 2.97. The van der Waals surface area contributed by atoms with Crippen LogP contribution in [0.1, 0.15) is 52.5 Å². The van der Waals surface area contributed by atoms with Gasteiger partial charge in [-0.3, -0.25) is 4.79 Å². The zero-order valence-corrected chi connectivity index (χ0v) is 14.8. The van der Waals surface area contributed by atoms with Crippen LogP contribution in [-0.2, 0) is 10.2 Å². The topological polar surface area (TPSA) is 50.4 Å². The minimum absolute atomic E-state index is 0.00574. The fourth-order valence-electron chi connectivity index (χ4n) is 2.80. The van der Waals surface area contributed by atoms with Crippen LogP contribution in [0, 0.1) is 0 Å². The Balaban J connectivity index is 1.73. The first-order valence-corrected chi connectivity index (χ1v) is 8.60. The van der Waals surface area contributed by atoms with Gasteiger partial charge >= 0.3 is 0 Å². The van der Waals surface area contributed by atoms with E-state index in [4.69, 9.17) is 4.74 Å². The van der Waals surface area contributed by atoms with Crippen molar-refractivity contribution < 1.29 is 9.53 Å². The van der Waals surface area contributed by atoms with Crippen molar-refractivity contribution in [3.05, 3.63) is 29.8 Å². The summed E-state index contributed by atoms with van der Waals surface area (Å²) in [7, 11) is 0. The van der Waals surface area contributed by atoms with Crippen LogP contribution in [0.3, 0.4) is 0 Å². The summed E-state index contributed by atoms with van der Waals surface area (Å²) in [6.07, 6.45) is 2.82. The summed E-state index contributed by atoms with van der Waals surface area (Å²) in [5.74, 6) is 0.945. The van der Waals surface area contributed by atoms with E-state index < -0.39 is 0 Å². The fourth-order valence-corrected chi connectivity index (χ4v) is 2.80. The molecule has 1 aromatic carbocycles. The highest BCUT2D eigenvalue weighted by Crippen LogP contribution is 2.24. The lowest BCUT2D eigenvalue weighted by Gasteiger charge is -2.20. The van der Waals surface area contributed by atoms with Crippen LogP contribution in [-0.4, -0.2) is 31.1 Å². The van der Waals surface area contributed by atoms with Crippen LogP contribution in [0.2, 0.25) is 0 Å². The smallest absolute Gasteiger partial charge is 0.221 e. The van der Waals surface area contributed by atoms with Gasteiger partial charge in [-0.15, -0.1) is 0 Å². The second kappa shape index (κ2) is 7.82. The molecule has 1 amide bonds. The molecule has 4 nitrogen and oxygen atoms in total. The van der Waals surface area contributed by atoms with Crippen molar-refractivity contribution in [3.63, 3.8) is 0 Å². The average molecular weight is 318 g/mol. The molecular formula is C19H30N2O2. The van der Waals surface area contributed by atoms with Gasteiger partial charge < -0.3 is 15.4 Å². The Morgan fingerprint density at radius 1 is 1.35 bits per heavy atom.